The van der Waals surface area contributed by atoms with Crippen LogP contribution in [0.25, 0.3) is 17.4 Å². The van der Waals surface area contributed by atoms with Crippen molar-refractivity contribution in [1.29, 1.82) is 0 Å². The van der Waals surface area contributed by atoms with Gasteiger partial charge in [0, 0.05) is 15.2 Å². The summed E-state index contributed by atoms with van der Waals surface area (Å²) in [6, 6.07) is 18.5. The van der Waals surface area contributed by atoms with E-state index in [0.29, 0.717) is 37.9 Å². The van der Waals surface area contributed by atoms with Crippen molar-refractivity contribution in [1.82, 2.24) is 4.57 Å². The van der Waals surface area contributed by atoms with Crippen LogP contribution in [0.2, 0.25) is 0 Å². The second-order valence-electron chi connectivity index (χ2n) is 9.25. The lowest BCUT2D eigenvalue weighted by molar-refractivity contribution is -0.139. The van der Waals surface area contributed by atoms with E-state index >= 15 is 0 Å². The van der Waals surface area contributed by atoms with Crippen molar-refractivity contribution in [2.75, 3.05) is 6.61 Å². The highest BCUT2D eigenvalue weighted by atomic mass is 127. The molecule has 0 saturated carbocycles. The highest BCUT2D eigenvalue weighted by Crippen LogP contribution is 2.32. The molecule has 7 nitrogen and oxygen atoms in total. The zero-order chi connectivity index (χ0) is 27.7. The van der Waals surface area contributed by atoms with Crippen LogP contribution < -0.4 is 19.6 Å². The van der Waals surface area contributed by atoms with Crippen molar-refractivity contribution < 1.29 is 18.7 Å². The van der Waals surface area contributed by atoms with E-state index in [9.17, 15) is 9.59 Å². The summed E-state index contributed by atoms with van der Waals surface area (Å²) >= 11 is 3.52. The van der Waals surface area contributed by atoms with Crippen LogP contribution in [-0.4, -0.2) is 23.2 Å². The number of ether oxygens (including phenoxy) is 2. The molecule has 3 heterocycles. The molecule has 0 aliphatic carbocycles. The number of thiazole rings is 1. The van der Waals surface area contributed by atoms with Crippen LogP contribution in [0.5, 0.6) is 5.75 Å². The average Bonchev–Trinajstić information content (AvgIpc) is 3.48. The number of carbonyl (C=O) groups is 1. The number of allylic oxidation sites excluding steroid dienone is 1. The van der Waals surface area contributed by atoms with E-state index in [1.165, 1.54) is 11.3 Å². The number of carbonyl (C=O) groups excluding carboxylic acids is 1. The van der Waals surface area contributed by atoms with Crippen LogP contribution in [0.4, 0.5) is 0 Å². The fourth-order valence-corrected chi connectivity index (χ4v) is 5.82. The summed E-state index contributed by atoms with van der Waals surface area (Å²) in [6.07, 6.45) is 1.75. The van der Waals surface area contributed by atoms with Crippen molar-refractivity contribution in [2.24, 2.45) is 4.99 Å². The van der Waals surface area contributed by atoms with Gasteiger partial charge in [-0.05, 0) is 92.2 Å². The molecule has 0 fully saturated rings. The molecular weight excluding hydrogens is 627 g/mol. The second kappa shape index (κ2) is 11.4. The largest absolute Gasteiger partial charge is 0.491 e. The van der Waals surface area contributed by atoms with Gasteiger partial charge in [-0.1, -0.05) is 35.6 Å². The van der Waals surface area contributed by atoms with Crippen LogP contribution >= 0.6 is 33.9 Å². The third-order valence-electron chi connectivity index (χ3n) is 6.11. The van der Waals surface area contributed by atoms with Crippen LogP contribution in [-0.2, 0) is 9.53 Å². The Kier molecular flexibility index (Phi) is 7.90. The van der Waals surface area contributed by atoms with Crippen molar-refractivity contribution in [3.8, 4) is 17.1 Å². The second-order valence-corrected chi connectivity index (χ2v) is 11.5. The number of nitrogens with zero attached hydrogens (tertiary/aromatic N) is 2. The molecule has 1 aliphatic heterocycles. The lowest BCUT2D eigenvalue weighted by Gasteiger charge is -2.25. The number of benzene rings is 2. The zero-order valence-electron chi connectivity index (χ0n) is 21.9. The van der Waals surface area contributed by atoms with Gasteiger partial charge in [0.15, 0.2) is 4.80 Å². The van der Waals surface area contributed by atoms with Gasteiger partial charge in [-0.15, -0.1) is 0 Å². The molecule has 2 aromatic carbocycles. The maximum absolute atomic E-state index is 13.8. The van der Waals surface area contributed by atoms with Gasteiger partial charge in [0.2, 0.25) is 0 Å². The number of hydrogen-bond donors (Lipinski definition) is 0. The van der Waals surface area contributed by atoms with E-state index in [0.717, 1.165) is 14.7 Å². The highest BCUT2D eigenvalue weighted by Gasteiger charge is 2.33. The van der Waals surface area contributed by atoms with Gasteiger partial charge in [-0.25, -0.2) is 9.79 Å². The van der Waals surface area contributed by atoms with E-state index in [4.69, 9.17) is 13.9 Å². The van der Waals surface area contributed by atoms with Gasteiger partial charge >= 0.3 is 5.97 Å². The minimum Gasteiger partial charge on any atom is -0.491 e. The summed E-state index contributed by atoms with van der Waals surface area (Å²) < 4.78 is 20.4. The monoisotopic (exact) mass is 654 g/mol. The van der Waals surface area contributed by atoms with Crippen LogP contribution in [0.3, 0.4) is 0 Å². The molecule has 0 N–H and O–H groups in total. The number of fused-ring (bicyclic) bond motifs is 1. The molecule has 39 heavy (non-hydrogen) atoms. The summed E-state index contributed by atoms with van der Waals surface area (Å²) in [6.45, 7) is 7.66. The minimum absolute atomic E-state index is 0.0264. The Labute approximate surface area is 243 Å². The molecule has 9 heteroatoms. The van der Waals surface area contributed by atoms with Gasteiger partial charge in [0.1, 0.15) is 17.3 Å². The fraction of sp³-hybridized carbons (Fsp3) is 0.233. The van der Waals surface area contributed by atoms with Crippen molar-refractivity contribution in [3.05, 3.63) is 107 Å². The predicted molar refractivity (Wildman–Crippen MR) is 159 cm³/mol. The van der Waals surface area contributed by atoms with E-state index in [1.54, 1.807) is 24.5 Å². The number of aromatic nitrogens is 1. The Balaban J connectivity index is 1.60. The summed E-state index contributed by atoms with van der Waals surface area (Å²) in [5.74, 6) is 1.49. The number of hydrogen-bond acceptors (Lipinski definition) is 7. The molecule has 200 valence electrons. The average molecular weight is 655 g/mol. The van der Waals surface area contributed by atoms with Crippen molar-refractivity contribution in [2.45, 2.75) is 39.8 Å². The number of halogens is 1. The smallest absolute Gasteiger partial charge is 0.338 e. The first-order valence-corrected chi connectivity index (χ1v) is 14.5. The topological polar surface area (TPSA) is 83.0 Å². The van der Waals surface area contributed by atoms with Gasteiger partial charge in [-0.2, -0.15) is 0 Å². The zero-order valence-corrected chi connectivity index (χ0v) is 24.9. The van der Waals surface area contributed by atoms with Crippen LogP contribution in [0.1, 0.15) is 45.1 Å². The molecule has 0 saturated heterocycles. The minimum atomic E-state index is -0.686. The Hall–Kier alpha value is -3.44. The highest BCUT2D eigenvalue weighted by molar-refractivity contribution is 14.1. The van der Waals surface area contributed by atoms with Gasteiger partial charge in [0.05, 0.1) is 34.6 Å². The normalized spacial score (nSPS) is 15.3. The lowest BCUT2D eigenvalue weighted by atomic mass is 9.96. The van der Waals surface area contributed by atoms with E-state index in [2.05, 4.69) is 27.6 Å². The number of esters is 1. The predicted octanol–water partition coefficient (Wildman–Crippen LogP) is 5.45. The van der Waals surface area contributed by atoms with Crippen molar-refractivity contribution >= 4 is 46.0 Å². The standard InChI is InChI=1S/C30H27IN2O5S/c1-5-36-29(35)26-18(4)32-30-33(27(26)20-8-12-22(13-9-20)37-17(2)3)28(34)25(39-30)16-23-14-15-24(38-23)19-6-10-21(31)11-7-19/h6-17,27H,5H2,1-4H3/b25-16-/t27-/m0/s1. The molecule has 0 bridgehead atoms. The van der Waals surface area contributed by atoms with Gasteiger partial charge in [0.25, 0.3) is 5.56 Å². The lowest BCUT2D eigenvalue weighted by Crippen LogP contribution is -2.39. The molecule has 0 spiro atoms. The molecule has 4 aromatic rings. The first kappa shape index (κ1) is 27.1. The van der Waals surface area contributed by atoms with E-state index in [1.807, 2.05) is 74.5 Å². The Bertz CT molecular complexity index is 1730. The summed E-state index contributed by atoms with van der Waals surface area (Å²) in [7, 11) is 0. The molecule has 5 rings (SSSR count). The van der Waals surface area contributed by atoms with Gasteiger partial charge < -0.3 is 13.9 Å². The Morgan fingerprint density at radius 2 is 1.85 bits per heavy atom. The molecule has 0 radical (unpaired) electrons. The quantitative estimate of drug-likeness (QED) is 0.196. The SMILES string of the molecule is CCOC(=O)C1=C(C)N=c2s/c(=C\c3ccc(-c4ccc(I)cc4)o3)c(=O)n2[C@H]1c1ccc(OC(C)C)cc1. The number of rotatable bonds is 7. The molecule has 2 aromatic heterocycles. The molecular formula is C30H27IN2O5S. The molecule has 0 amide bonds. The van der Waals surface area contributed by atoms with Crippen LogP contribution in [0, 0.1) is 3.57 Å². The first-order valence-electron chi connectivity index (χ1n) is 12.6. The van der Waals surface area contributed by atoms with Gasteiger partial charge in [-0.3, -0.25) is 9.36 Å². The third-order valence-corrected chi connectivity index (χ3v) is 7.82. The van der Waals surface area contributed by atoms with Crippen LogP contribution in [0.15, 0.2) is 86.1 Å². The van der Waals surface area contributed by atoms with Crippen molar-refractivity contribution in [3.63, 3.8) is 0 Å². The Morgan fingerprint density at radius 3 is 2.51 bits per heavy atom. The third kappa shape index (κ3) is 5.65. The molecule has 1 atom stereocenters. The number of furan rings is 1. The van der Waals surface area contributed by atoms with E-state index < -0.39 is 12.0 Å². The first-order chi connectivity index (χ1) is 18.7. The molecule has 1 aliphatic rings. The maximum atomic E-state index is 13.8. The molecule has 0 unspecified atom stereocenters. The summed E-state index contributed by atoms with van der Waals surface area (Å²) in [5, 5.41) is 0. The van der Waals surface area contributed by atoms with E-state index in [-0.39, 0.29) is 18.3 Å². The maximum Gasteiger partial charge on any atom is 0.338 e. The summed E-state index contributed by atoms with van der Waals surface area (Å²) in [5.41, 5.74) is 2.32. The fourth-order valence-electron chi connectivity index (χ4n) is 4.44. The summed E-state index contributed by atoms with van der Waals surface area (Å²) in [4.78, 5) is 32.0. The Morgan fingerprint density at radius 1 is 1.13 bits per heavy atom.